The van der Waals surface area contributed by atoms with Gasteiger partial charge in [-0.05, 0) is 37.6 Å². The van der Waals surface area contributed by atoms with Gasteiger partial charge in [0.05, 0.1) is 5.60 Å². The van der Waals surface area contributed by atoms with E-state index < -0.39 is 0 Å². The van der Waals surface area contributed by atoms with Crippen molar-refractivity contribution in [1.82, 2.24) is 5.32 Å². The Balaban J connectivity index is 2.05. The van der Waals surface area contributed by atoms with Gasteiger partial charge >= 0.3 is 0 Å². The largest absolute Gasteiger partial charge is 0.381 e. The fourth-order valence-corrected chi connectivity index (χ4v) is 4.37. The van der Waals surface area contributed by atoms with Gasteiger partial charge in [-0.3, -0.25) is 0 Å². The first-order chi connectivity index (χ1) is 10.3. The normalized spacial score (nSPS) is 31.0. The molecule has 3 heteroatoms. The molecular formula is C18H35NO2. The first-order valence-electron chi connectivity index (χ1n) is 9.12. The fourth-order valence-electron chi connectivity index (χ4n) is 4.37. The van der Waals surface area contributed by atoms with Crippen molar-refractivity contribution in [3.63, 3.8) is 0 Å². The summed E-state index contributed by atoms with van der Waals surface area (Å²) < 4.78 is 11.7. The predicted molar refractivity (Wildman–Crippen MR) is 87.6 cm³/mol. The summed E-state index contributed by atoms with van der Waals surface area (Å²) in [5.74, 6) is 1.73. The summed E-state index contributed by atoms with van der Waals surface area (Å²) in [6, 6.07) is 0.504. The molecule has 1 saturated carbocycles. The zero-order chi connectivity index (χ0) is 15.1. The first-order valence-corrected chi connectivity index (χ1v) is 9.12. The van der Waals surface area contributed by atoms with Crippen LogP contribution in [0.3, 0.4) is 0 Å². The average molecular weight is 297 g/mol. The highest BCUT2D eigenvalue weighted by atomic mass is 16.5. The summed E-state index contributed by atoms with van der Waals surface area (Å²) in [6.45, 7) is 7.39. The Kier molecular flexibility index (Phi) is 6.97. The Labute approximate surface area is 131 Å². The molecule has 124 valence electrons. The van der Waals surface area contributed by atoms with Crippen molar-refractivity contribution in [2.24, 2.45) is 11.8 Å². The molecule has 0 aromatic carbocycles. The minimum Gasteiger partial charge on any atom is -0.381 e. The fraction of sp³-hybridized carbons (Fsp3) is 1.00. The molecule has 0 bridgehead atoms. The topological polar surface area (TPSA) is 30.5 Å². The lowest BCUT2D eigenvalue weighted by atomic mass is 9.71. The van der Waals surface area contributed by atoms with Gasteiger partial charge in [0.15, 0.2) is 0 Å². The molecule has 1 unspecified atom stereocenters. The van der Waals surface area contributed by atoms with E-state index in [9.17, 15) is 0 Å². The van der Waals surface area contributed by atoms with Crippen LogP contribution in [0, 0.1) is 11.8 Å². The Hall–Kier alpha value is -0.120. The molecule has 2 fully saturated rings. The van der Waals surface area contributed by atoms with Crippen LogP contribution in [-0.2, 0) is 9.47 Å². The quantitative estimate of drug-likeness (QED) is 0.776. The van der Waals surface area contributed by atoms with Crippen molar-refractivity contribution < 1.29 is 9.47 Å². The molecule has 1 saturated heterocycles. The van der Waals surface area contributed by atoms with Gasteiger partial charge in [-0.15, -0.1) is 0 Å². The third-order valence-electron chi connectivity index (χ3n) is 5.87. The van der Waals surface area contributed by atoms with Crippen LogP contribution in [-0.4, -0.2) is 38.5 Å². The van der Waals surface area contributed by atoms with Gasteiger partial charge in [-0.25, -0.2) is 0 Å². The molecule has 1 N–H and O–H groups in total. The van der Waals surface area contributed by atoms with Gasteiger partial charge in [0.25, 0.3) is 0 Å². The summed E-state index contributed by atoms with van der Waals surface area (Å²) in [5.41, 5.74) is -0.00284. The number of ether oxygens (including phenoxy) is 2. The molecule has 1 aliphatic heterocycles. The van der Waals surface area contributed by atoms with E-state index in [1.54, 1.807) is 0 Å². The summed E-state index contributed by atoms with van der Waals surface area (Å²) >= 11 is 0. The molecule has 0 radical (unpaired) electrons. The van der Waals surface area contributed by atoms with Crippen LogP contribution >= 0.6 is 0 Å². The number of methoxy groups -OCH3 is 1. The average Bonchev–Trinajstić information content (AvgIpc) is 2.56. The molecule has 2 rings (SSSR count). The van der Waals surface area contributed by atoms with Crippen LogP contribution in [0.4, 0.5) is 0 Å². The number of hydrogen-bond donors (Lipinski definition) is 1. The van der Waals surface area contributed by atoms with E-state index in [1.165, 1.54) is 38.5 Å². The zero-order valence-electron chi connectivity index (χ0n) is 14.3. The Bertz CT molecular complexity index is 281. The van der Waals surface area contributed by atoms with Crippen LogP contribution in [0.2, 0.25) is 0 Å². The highest BCUT2D eigenvalue weighted by molar-refractivity contribution is 4.99. The molecule has 1 aliphatic carbocycles. The van der Waals surface area contributed by atoms with Crippen molar-refractivity contribution >= 4 is 0 Å². The number of hydrogen-bond acceptors (Lipinski definition) is 3. The second-order valence-corrected chi connectivity index (χ2v) is 7.00. The minimum absolute atomic E-state index is 0.00284. The lowest BCUT2D eigenvalue weighted by Gasteiger charge is -2.47. The Morgan fingerprint density at radius 2 is 1.81 bits per heavy atom. The lowest BCUT2D eigenvalue weighted by Crippen LogP contribution is -2.58. The standard InChI is InChI=1S/C18H35NO2/c1-4-12-19-17(16-8-6-15(5-2)7-9-16)18(20-3)10-13-21-14-11-18/h15-17,19H,4-14H2,1-3H3. The van der Waals surface area contributed by atoms with Crippen LogP contribution in [0.15, 0.2) is 0 Å². The summed E-state index contributed by atoms with van der Waals surface area (Å²) in [5, 5.41) is 3.85. The van der Waals surface area contributed by atoms with Crippen LogP contribution in [0.1, 0.15) is 65.2 Å². The highest BCUT2D eigenvalue weighted by Crippen LogP contribution is 2.39. The maximum Gasteiger partial charge on any atom is 0.0877 e. The maximum atomic E-state index is 6.10. The molecule has 21 heavy (non-hydrogen) atoms. The molecule has 0 aromatic rings. The van der Waals surface area contributed by atoms with Crippen LogP contribution in [0.5, 0.6) is 0 Å². The second kappa shape index (κ2) is 8.50. The van der Waals surface area contributed by atoms with E-state index in [-0.39, 0.29) is 5.60 Å². The minimum atomic E-state index is -0.00284. The van der Waals surface area contributed by atoms with Crippen LogP contribution < -0.4 is 5.32 Å². The van der Waals surface area contributed by atoms with Gasteiger partial charge in [-0.1, -0.05) is 33.1 Å². The third kappa shape index (κ3) is 4.20. The van der Waals surface area contributed by atoms with E-state index >= 15 is 0 Å². The zero-order valence-corrected chi connectivity index (χ0v) is 14.3. The first kappa shape index (κ1) is 17.2. The van der Waals surface area contributed by atoms with E-state index in [4.69, 9.17) is 9.47 Å². The number of rotatable bonds is 7. The molecular weight excluding hydrogens is 262 g/mol. The molecule has 2 aliphatic rings. The van der Waals surface area contributed by atoms with Gasteiger partial charge in [-0.2, -0.15) is 0 Å². The van der Waals surface area contributed by atoms with Gasteiger partial charge in [0.2, 0.25) is 0 Å². The lowest BCUT2D eigenvalue weighted by molar-refractivity contribution is -0.123. The van der Waals surface area contributed by atoms with Gasteiger partial charge in [0, 0.05) is 39.2 Å². The Morgan fingerprint density at radius 3 is 2.33 bits per heavy atom. The monoisotopic (exact) mass is 297 g/mol. The molecule has 0 aromatic heterocycles. The van der Waals surface area contributed by atoms with E-state index in [0.29, 0.717) is 6.04 Å². The summed E-state index contributed by atoms with van der Waals surface area (Å²) in [6.07, 6.45) is 10.2. The molecule has 1 heterocycles. The SMILES string of the molecule is CCCNC(C1CCC(CC)CC1)C1(OC)CCOCC1. The van der Waals surface area contributed by atoms with Crippen molar-refractivity contribution in [3.05, 3.63) is 0 Å². The third-order valence-corrected chi connectivity index (χ3v) is 5.87. The predicted octanol–water partition coefficient (Wildman–Crippen LogP) is 3.77. The maximum absolute atomic E-state index is 6.10. The molecule has 0 spiro atoms. The smallest absolute Gasteiger partial charge is 0.0877 e. The van der Waals surface area contributed by atoms with Crippen molar-refractivity contribution in [3.8, 4) is 0 Å². The summed E-state index contributed by atoms with van der Waals surface area (Å²) in [4.78, 5) is 0. The molecule has 0 amide bonds. The molecule has 3 nitrogen and oxygen atoms in total. The van der Waals surface area contributed by atoms with E-state index in [0.717, 1.165) is 44.4 Å². The van der Waals surface area contributed by atoms with E-state index in [1.807, 2.05) is 7.11 Å². The van der Waals surface area contributed by atoms with Gasteiger partial charge in [0.1, 0.15) is 0 Å². The van der Waals surface area contributed by atoms with Crippen molar-refractivity contribution in [1.29, 1.82) is 0 Å². The van der Waals surface area contributed by atoms with Crippen molar-refractivity contribution in [2.45, 2.75) is 76.9 Å². The second-order valence-electron chi connectivity index (χ2n) is 7.00. The van der Waals surface area contributed by atoms with Crippen LogP contribution in [0.25, 0.3) is 0 Å². The van der Waals surface area contributed by atoms with E-state index in [2.05, 4.69) is 19.2 Å². The Morgan fingerprint density at radius 1 is 1.14 bits per heavy atom. The highest BCUT2D eigenvalue weighted by Gasteiger charge is 2.44. The number of nitrogens with one attached hydrogen (secondary N) is 1. The summed E-state index contributed by atoms with van der Waals surface area (Å²) in [7, 11) is 1.91. The van der Waals surface area contributed by atoms with Gasteiger partial charge < -0.3 is 14.8 Å². The molecule has 1 atom stereocenters. The van der Waals surface area contributed by atoms with Crippen molar-refractivity contribution in [2.75, 3.05) is 26.9 Å².